The van der Waals surface area contributed by atoms with Crippen LogP contribution in [0.4, 0.5) is 0 Å². The summed E-state index contributed by atoms with van der Waals surface area (Å²) in [4.78, 5) is 0. The third kappa shape index (κ3) is 2.58. The molecular formula is C25H15IO4. The molecule has 1 aliphatic rings. The normalized spacial score (nSPS) is 13.2. The molecule has 0 fully saturated rings. The van der Waals surface area contributed by atoms with E-state index in [0.29, 0.717) is 0 Å². The van der Waals surface area contributed by atoms with Crippen LogP contribution in [0.5, 0.6) is 23.0 Å². The van der Waals surface area contributed by atoms with Gasteiger partial charge in [0.2, 0.25) is 0 Å². The molecule has 0 radical (unpaired) electrons. The van der Waals surface area contributed by atoms with Crippen molar-refractivity contribution in [3.63, 3.8) is 0 Å². The summed E-state index contributed by atoms with van der Waals surface area (Å²) >= 11 is 2.18. The van der Waals surface area contributed by atoms with Gasteiger partial charge in [0.15, 0.2) is 3.77 Å². The highest BCUT2D eigenvalue weighted by molar-refractivity contribution is 14.1. The Morgan fingerprint density at radius 1 is 0.667 bits per heavy atom. The Labute approximate surface area is 185 Å². The zero-order valence-electron chi connectivity index (χ0n) is 15.6. The lowest BCUT2D eigenvalue weighted by Gasteiger charge is -2.29. The molecule has 0 unspecified atom stereocenters. The van der Waals surface area contributed by atoms with Gasteiger partial charge < -0.3 is 19.4 Å². The number of hydrogen-bond donors (Lipinski definition) is 2. The van der Waals surface area contributed by atoms with E-state index in [1.54, 1.807) is 24.3 Å². The van der Waals surface area contributed by atoms with Gasteiger partial charge in [-0.25, -0.2) is 0 Å². The molecule has 1 aromatic heterocycles. The summed E-state index contributed by atoms with van der Waals surface area (Å²) in [5.41, 5.74) is 2.01. The van der Waals surface area contributed by atoms with Crippen molar-refractivity contribution in [2.24, 2.45) is 0 Å². The molecule has 4 aromatic carbocycles. The molecule has 6 rings (SSSR count). The van der Waals surface area contributed by atoms with E-state index in [0.717, 1.165) is 53.7 Å². The molecule has 0 saturated heterocycles. The smallest absolute Gasteiger partial charge is 0.164 e. The van der Waals surface area contributed by atoms with Crippen LogP contribution in [0.3, 0.4) is 0 Å². The highest BCUT2D eigenvalue weighted by atomic mass is 127. The molecule has 146 valence electrons. The summed E-state index contributed by atoms with van der Waals surface area (Å²) < 4.78 is 13.3. The fraction of sp³-hybridized carbons (Fsp3) is 0.0400. The molecular weight excluding hydrogens is 491 g/mol. The van der Waals surface area contributed by atoms with E-state index in [4.69, 9.17) is 9.15 Å². The second-order valence-corrected chi connectivity index (χ2v) is 8.51. The van der Waals surface area contributed by atoms with E-state index in [1.807, 2.05) is 48.5 Å². The predicted molar refractivity (Wildman–Crippen MR) is 124 cm³/mol. The average Bonchev–Trinajstić information content (AvgIpc) is 3.17. The van der Waals surface area contributed by atoms with Crippen LogP contribution in [0.15, 0.2) is 77.2 Å². The second kappa shape index (κ2) is 6.40. The van der Waals surface area contributed by atoms with Gasteiger partial charge in [-0.05, 0) is 92.7 Å². The van der Waals surface area contributed by atoms with Gasteiger partial charge in [-0.1, -0.05) is 24.3 Å². The Balaban J connectivity index is 1.74. The Kier molecular flexibility index (Phi) is 3.77. The van der Waals surface area contributed by atoms with Gasteiger partial charge in [-0.2, -0.15) is 0 Å². The molecule has 30 heavy (non-hydrogen) atoms. The number of benzene rings is 4. The van der Waals surface area contributed by atoms with Crippen molar-refractivity contribution < 1.29 is 19.4 Å². The zero-order chi connectivity index (χ0) is 20.4. The second-order valence-electron chi connectivity index (χ2n) is 7.44. The maximum absolute atomic E-state index is 9.97. The number of aromatic hydroxyl groups is 2. The topological polar surface area (TPSA) is 62.8 Å². The Hall–Kier alpha value is -3.19. The molecule has 0 atom stereocenters. The van der Waals surface area contributed by atoms with Crippen molar-refractivity contribution in [3.8, 4) is 23.0 Å². The molecule has 0 bridgehead atoms. The van der Waals surface area contributed by atoms with Crippen LogP contribution < -0.4 is 4.74 Å². The molecule has 0 aliphatic carbocycles. The lowest BCUT2D eigenvalue weighted by atomic mass is 9.81. The van der Waals surface area contributed by atoms with Crippen LogP contribution in [-0.2, 0) is 0 Å². The largest absolute Gasteiger partial charge is 0.508 e. The van der Waals surface area contributed by atoms with E-state index in [2.05, 4.69) is 22.6 Å². The van der Waals surface area contributed by atoms with E-state index < -0.39 is 0 Å². The van der Waals surface area contributed by atoms with Crippen LogP contribution in [0, 0.1) is 3.77 Å². The van der Waals surface area contributed by atoms with Gasteiger partial charge >= 0.3 is 0 Å². The zero-order valence-corrected chi connectivity index (χ0v) is 17.8. The Bertz CT molecular complexity index is 1380. The molecule has 0 amide bonds. The Morgan fingerprint density at radius 3 is 1.73 bits per heavy atom. The van der Waals surface area contributed by atoms with Gasteiger partial charge in [0.1, 0.15) is 28.8 Å². The number of phenolic OH excluding ortho intramolecular Hbond substituents is 2. The molecule has 5 heteroatoms. The quantitative estimate of drug-likeness (QED) is 0.239. The predicted octanol–water partition coefficient (Wildman–Crippen LogP) is 6.89. The van der Waals surface area contributed by atoms with Gasteiger partial charge in [-0.15, -0.1) is 0 Å². The fourth-order valence-electron chi connectivity index (χ4n) is 4.45. The first-order valence-electron chi connectivity index (χ1n) is 9.53. The SMILES string of the molecule is Oc1ccc2c3c(ccc2c1)Oc1ccc2cc(O)ccc2c1C3c1ccc(I)o1. The van der Waals surface area contributed by atoms with E-state index >= 15 is 0 Å². The number of phenols is 2. The first-order valence-corrected chi connectivity index (χ1v) is 10.6. The maximum Gasteiger partial charge on any atom is 0.164 e. The molecule has 2 N–H and O–H groups in total. The monoisotopic (exact) mass is 506 g/mol. The summed E-state index contributed by atoms with van der Waals surface area (Å²) in [6, 6.07) is 22.5. The van der Waals surface area contributed by atoms with E-state index in [9.17, 15) is 10.2 Å². The Morgan fingerprint density at radius 2 is 1.23 bits per heavy atom. The van der Waals surface area contributed by atoms with Crippen LogP contribution in [0.25, 0.3) is 21.5 Å². The van der Waals surface area contributed by atoms with Crippen LogP contribution >= 0.6 is 22.6 Å². The summed E-state index contributed by atoms with van der Waals surface area (Å²) in [5.74, 6) is 2.64. The van der Waals surface area contributed by atoms with Gasteiger partial charge in [0.25, 0.3) is 0 Å². The summed E-state index contributed by atoms with van der Waals surface area (Å²) in [5, 5.41) is 23.8. The van der Waals surface area contributed by atoms with Crippen molar-refractivity contribution in [3.05, 3.63) is 93.5 Å². The summed E-state index contributed by atoms with van der Waals surface area (Å²) in [6.07, 6.45) is 0. The van der Waals surface area contributed by atoms with Crippen molar-refractivity contribution in [2.45, 2.75) is 5.92 Å². The van der Waals surface area contributed by atoms with E-state index in [-0.39, 0.29) is 17.4 Å². The minimum atomic E-state index is -0.186. The standard InChI is InChI=1S/C25H15IO4/c26-22-10-9-21(30-22)25-23-17-5-3-15(27)11-13(17)1-7-19(23)29-20-8-2-14-12-16(28)4-6-18(14)24(20)25/h1-12,25,27-28H. The maximum atomic E-state index is 9.97. The third-order valence-corrected chi connectivity index (χ3v) is 6.27. The minimum Gasteiger partial charge on any atom is -0.508 e. The molecule has 4 nitrogen and oxygen atoms in total. The van der Waals surface area contributed by atoms with Crippen molar-refractivity contribution in [2.75, 3.05) is 0 Å². The van der Waals surface area contributed by atoms with Crippen molar-refractivity contribution in [1.29, 1.82) is 0 Å². The molecule has 1 aliphatic heterocycles. The number of hydrogen-bond acceptors (Lipinski definition) is 4. The summed E-state index contributed by atoms with van der Waals surface area (Å²) in [7, 11) is 0. The lowest BCUT2D eigenvalue weighted by molar-refractivity contribution is 0.430. The van der Waals surface area contributed by atoms with Crippen LogP contribution in [0.1, 0.15) is 22.8 Å². The van der Waals surface area contributed by atoms with Crippen molar-refractivity contribution >= 4 is 44.1 Å². The number of fused-ring (bicyclic) bond motifs is 6. The number of furan rings is 1. The highest BCUT2D eigenvalue weighted by Crippen LogP contribution is 2.52. The van der Waals surface area contributed by atoms with Crippen LogP contribution in [-0.4, -0.2) is 10.2 Å². The lowest BCUT2D eigenvalue weighted by Crippen LogP contribution is -2.12. The van der Waals surface area contributed by atoms with E-state index in [1.165, 1.54) is 0 Å². The minimum absolute atomic E-state index is 0.186. The molecule has 5 aromatic rings. The number of halogens is 1. The molecule has 0 spiro atoms. The molecule has 0 saturated carbocycles. The highest BCUT2D eigenvalue weighted by Gasteiger charge is 2.34. The summed E-state index contributed by atoms with van der Waals surface area (Å²) in [6.45, 7) is 0. The number of rotatable bonds is 1. The van der Waals surface area contributed by atoms with Crippen molar-refractivity contribution in [1.82, 2.24) is 0 Å². The first-order chi connectivity index (χ1) is 14.6. The fourth-order valence-corrected chi connectivity index (χ4v) is 4.88. The first kappa shape index (κ1) is 17.7. The number of ether oxygens (including phenoxy) is 1. The van der Waals surface area contributed by atoms with Gasteiger partial charge in [-0.3, -0.25) is 0 Å². The van der Waals surface area contributed by atoms with Crippen LogP contribution in [0.2, 0.25) is 0 Å². The van der Waals surface area contributed by atoms with Gasteiger partial charge in [0, 0.05) is 11.1 Å². The third-order valence-electron chi connectivity index (χ3n) is 5.69. The molecule has 2 heterocycles. The van der Waals surface area contributed by atoms with Gasteiger partial charge in [0.05, 0.1) is 5.92 Å². The average molecular weight is 506 g/mol.